The number of ether oxygens (including phenoxy) is 2. The Bertz CT molecular complexity index is 2580. The highest BCUT2D eigenvalue weighted by atomic mass is 31.1. The molecule has 0 saturated heterocycles. The number of benzene rings is 7. The molecule has 0 saturated carbocycles. The summed E-state index contributed by atoms with van der Waals surface area (Å²) in [6.45, 7) is 0. The largest absolute Gasteiger partial charge is 0.456 e. The first-order valence-corrected chi connectivity index (χ1v) is 17.0. The molecule has 2 aliphatic heterocycles. The van der Waals surface area contributed by atoms with Gasteiger partial charge in [0.1, 0.15) is 45.3 Å². The first-order chi connectivity index (χ1) is 23.3. The molecule has 4 nitrogen and oxygen atoms in total. The summed E-state index contributed by atoms with van der Waals surface area (Å²) < 4.78 is 26.0. The third-order valence-electron chi connectivity index (χ3n) is 9.46. The fourth-order valence-electron chi connectivity index (χ4n) is 7.34. The second-order valence-corrected chi connectivity index (χ2v) is 14.2. The number of para-hydroxylation sites is 4. The van der Waals surface area contributed by atoms with E-state index in [4.69, 9.17) is 18.3 Å². The summed E-state index contributed by atoms with van der Waals surface area (Å²) in [5.74, 6) is 3.45. The van der Waals surface area contributed by atoms with Crippen LogP contribution in [-0.2, 0) is 0 Å². The summed E-state index contributed by atoms with van der Waals surface area (Å²) in [4.78, 5) is 0. The molecular formula is C42H23O4P. The Morgan fingerprint density at radius 3 is 1.38 bits per heavy atom. The van der Waals surface area contributed by atoms with Crippen molar-refractivity contribution in [2.24, 2.45) is 0 Å². The van der Waals surface area contributed by atoms with Gasteiger partial charge in [-0.25, -0.2) is 0 Å². The van der Waals surface area contributed by atoms with E-state index in [2.05, 4.69) is 97.1 Å². The maximum Gasteiger partial charge on any atom is 0.143 e. The average Bonchev–Trinajstić information content (AvgIpc) is 3.70. The van der Waals surface area contributed by atoms with Gasteiger partial charge in [-0.3, -0.25) is 0 Å². The molecule has 5 heteroatoms. The smallest absolute Gasteiger partial charge is 0.143 e. The van der Waals surface area contributed by atoms with Gasteiger partial charge in [0.15, 0.2) is 0 Å². The predicted molar refractivity (Wildman–Crippen MR) is 191 cm³/mol. The quantitative estimate of drug-likeness (QED) is 0.180. The normalized spacial score (nSPS) is 13.4. The van der Waals surface area contributed by atoms with Gasteiger partial charge in [-0.15, -0.1) is 0 Å². The third-order valence-corrected chi connectivity index (χ3v) is 12.0. The number of furan rings is 2. The van der Waals surface area contributed by atoms with Crippen molar-refractivity contribution < 1.29 is 18.3 Å². The van der Waals surface area contributed by atoms with Crippen LogP contribution in [0.5, 0.6) is 23.0 Å². The van der Waals surface area contributed by atoms with E-state index in [0.717, 1.165) is 105 Å². The lowest BCUT2D eigenvalue weighted by Gasteiger charge is -2.35. The minimum atomic E-state index is -1.00. The van der Waals surface area contributed by atoms with E-state index in [0.29, 0.717) is 0 Å². The molecule has 0 amide bonds. The zero-order chi connectivity index (χ0) is 30.6. The monoisotopic (exact) mass is 622 g/mol. The fraction of sp³-hybridized carbons (Fsp3) is 0. The Hall–Kier alpha value is -5.83. The van der Waals surface area contributed by atoms with E-state index < -0.39 is 7.92 Å². The van der Waals surface area contributed by atoms with Crippen molar-refractivity contribution in [2.45, 2.75) is 0 Å². The van der Waals surface area contributed by atoms with Gasteiger partial charge in [-0.05, 0) is 59.7 Å². The van der Waals surface area contributed by atoms with Gasteiger partial charge in [0.2, 0.25) is 0 Å². The van der Waals surface area contributed by atoms with Crippen molar-refractivity contribution in [1.82, 2.24) is 0 Å². The van der Waals surface area contributed by atoms with Crippen LogP contribution in [0.2, 0.25) is 0 Å². The molecular weight excluding hydrogens is 599 g/mol. The van der Waals surface area contributed by atoms with Gasteiger partial charge in [0, 0.05) is 51.2 Å². The molecule has 0 N–H and O–H groups in total. The molecule has 0 unspecified atom stereocenters. The van der Waals surface area contributed by atoms with Crippen molar-refractivity contribution in [1.29, 1.82) is 0 Å². The van der Waals surface area contributed by atoms with Crippen LogP contribution in [0.4, 0.5) is 0 Å². The minimum absolute atomic E-state index is 0.851. The zero-order valence-corrected chi connectivity index (χ0v) is 25.8. The Labute approximate surface area is 270 Å². The highest BCUT2D eigenvalue weighted by Gasteiger charge is 2.37. The van der Waals surface area contributed by atoms with E-state index in [1.54, 1.807) is 0 Å². The minimum Gasteiger partial charge on any atom is -0.456 e. The number of hydrogen-bond acceptors (Lipinski definition) is 4. The molecule has 0 fully saturated rings. The second kappa shape index (κ2) is 9.35. The van der Waals surface area contributed by atoms with Crippen molar-refractivity contribution in [2.75, 3.05) is 0 Å². The highest BCUT2D eigenvalue weighted by molar-refractivity contribution is 7.80. The van der Waals surface area contributed by atoms with Gasteiger partial charge in [-0.2, -0.15) is 0 Å². The molecule has 0 aliphatic carbocycles. The molecule has 0 atom stereocenters. The van der Waals surface area contributed by atoms with E-state index in [9.17, 15) is 0 Å². The van der Waals surface area contributed by atoms with Crippen molar-refractivity contribution in [3.63, 3.8) is 0 Å². The lowest BCUT2D eigenvalue weighted by Crippen LogP contribution is -2.32. The first-order valence-electron chi connectivity index (χ1n) is 15.7. The zero-order valence-electron chi connectivity index (χ0n) is 24.9. The molecule has 4 heterocycles. The summed E-state index contributed by atoms with van der Waals surface area (Å²) in [5, 5.41) is 7.92. The summed E-state index contributed by atoms with van der Waals surface area (Å²) in [6, 6.07) is 48.5. The molecule has 11 rings (SSSR count). The summed E-state index contributed by atoms with van der Waals surface area (Å²) in [5.41, 5.74) is 7.90. The van der Waals surface area contributed by atoms with Gasteiger partial charge in [0.05, 0.1) is 5.30 Å². The van der Waals surface area contributed by atoms with Crippen molar-refractivity contribution in [3.8, 4) is 45.3 Å². The predicted octanol–water partition coefficient (Wildman–Crippen LogP) is 10.8. The first kappa shape index (κ1) is 25.4. The van der Waals surface area contributed by atoms with Crippen LogP contribution in [0.3, 0.4) is 0 Å². The van der Waals surface area contributed by atoms with Crippen LogP contribution in [0.15, 0.2) is 148 Å². The Kier molecular flexibility index (Phi) is 5.05. The summed E-state index contributed by atoms with van der Waals surface area (Å²) in [6.07, 6.45) is 0. The molecule has 2 aliphatic rings. The van der Waals surface area contributed by atoms with E-state index in [1.807, 2.05) is 42.5 Å². The number of rotatable bonds is 2. The van der Waals surface area contributed by atoms with Crippen LogP contribution in [0.25, 0.3) is 66.1 Å². The molecule has 220 valence electrons. The Balaban J connectivity index is 1.12. The number of hydrogen-bond donors (Lipinski definition) is 0. The molecule has 47 heavy (non-hydrogen) atoms. The second-order valence-electron chi connectivity index (χ2n) is 12.1. The Morgan fingerprint density at radius 1 is 0.383 bits per heavy atom. The lowest BCUT2D eigenvalue weighted by molar-refractivity contribution is 0.466. The van der Waals surface area contributed by atoms with E-state index in [-0.39, 0.29) is 0 Å². The topological polar surface area (TPSA) is 44.7 Å². The fourth-order valence-corrected chi connectivity index (χ4v) is 9.98. The molecule has 2 aromatic heterocycles. The third kappa shape index (κ3) is 3.56. The lowest BCUT2D eigenvalue weighted by atomic mass is 10.0. The Morgan fingerprint density at radius 2 is 0.851 bits per heavy atom. The van der Waals surface area contributed by atoms with Gasteiger partial charge < -0.3 is 18.3 Å². The van der Waals surface area contributed by atoms with Gasteiger partial charge in [-0.1, -0.05) is 91.0 Å². The molecule has 0 bridgehead atoms. The van der Waals surface area contributed by atoms with Crippen LogP contribution in [-0.4, -0.2) is 0 Å². The van der Waals surface area contributed by atoms with Gasteiger partial charge in [0.25, 0.3) is 0 Å². The summed E-state index contributed by atoms with van der Waals surface area (Å²) in [7, 11) is -1.00. The molecule has 7 aromatic carbocycles. The van der Waals surface area contributed by atoms with Crippen LogP contribution in [0.1, 0.15) is 0 Å². The number of fused-ring (bicyclic) bond motifs is 10. The van der Waals surface area contributed by atoms with E-state index >= 15 is 0 Å². The van der Waals surface area contributed by atoms with Crippen LogP contribution >= 0.6 is 7.92 Å². The van der Waals surface area contributed by atoms with Gasteiger partial charge >= 0.3 is 0 Å². The maximum atomic E-state index is 6.57. The van der Waals surface area contributed by atoms with E-state index in [1.165, 1.54) is 0 Å². The SMILES string of the molecule is c1cc2c3c(c1)Oc1ccc(-c4cccc5c4oc4ccccc45)cc1P3c1cc(-c3cccc4c3oc3ccccc34)ccc1O2. The standard InChI is InChI=1S/C42H23O4P/c1-3-14-32-28(8-1)30-12-5-10-26(40(30)45-32)24-18-20-34-38(22-24)47-39-23-25(19-21-35(39)44-37-17-7-16-36(43-34)42(37)47)27-11-6-13-31-29-9-2-4-15-33(29)46-41(27)31/h1-23H. The van der Waals surface area contributed by atoms with Crippen LogP contribution < -0.4 is 25.4 Å². The average molecular weight is 623 g/mol. The summed E-state index contributed by atoms with van der Waals surface area (Å²) >= 11 is 0. The molecule has 9 aromatic rings. The van der Waals surface area contributed by atoms with Crippen LogP contribution in [0, 0.1) is 0 Å². The highest BCUT2D eigenvalue weighted by Crippen LogP contribution is 2.54. The molecule has 0 radical (unpaired) electrons. The molecule has 0 spiro atoms. The van der Waals surface area contributed by atoms with Crippen molar-refractivity contribution in [3.05, 3.63) is 140 Å². The maximum absolute atomic E-state index is 6.57. The van der Waals surface area contributed by atoms with Crippen molar-refractivity contribution >= 4 is 67.7 Å².